The average Bonchev–Trinajstić information content (AvgIpc) is 2.86. The first-order valence-corrected chi connectivity index (χ1v) is 8.12. The molecule has 2 atom stereocenters. The van der Waals surface area contributed by atoms with E-state index >= 15 is 0 Å². The zero-order chi connectivity index (χ0) is 18.9. The molecule has 2 unspecified atom stereocenters. The SMILES string of the molecule is CC.CC(C)(O)O.CN(C)CC1CCC(n2ccc(=O)[nH]c2=O)O1. The first kappa shape index (κ1) is 22.5. The summed E-state index contributed by atoms with van der Waals surface area (Å²) in [5.74, 6) is -1.50. The molecule has 0 amide bonds. The predicted octanol–water partition coefficient (Wildman–Crippen LogP) is 0.509. The molecule has 1 aliphatic rings. The van der Waals surface area contributed by atoms with Gasteiger partial charge in [0.2, 0.25) is 0 Å². The summed E-state index contributed by atoms with van der Waals surface area (Å²) in [5.41, 5.74) is -0.790. The quantitative estimate of drug-likeness (QED) is 0.689. The van der Waals surface area contributed by atoms with E-state index in [1.807, 2.05) is 27.9 Å². The Morgan fingerprint density at radius 1 is 1.29 bits per heavy atom. The van der Waals surface area contributed by atoms with Crippen molar-refractivity contribution in [1.82, 2.24) is 14.5 Å². The molecule has 2 heterocycles. The second-order valence-electron chi connectivity index (χ2n) is 6.06. The number of aliphatic hydroxyl groups is 2. The maximum atomic E-state index is 11.6. The third kappa shape index (κ3) is 9.61. The normalized spacial score (nSPS) is 20.0. The van der Waals surface area contributed by atoms with Crippen LogP contribution in [-0.4, -0.2) is 57.2 Å². The number of ether oxygens (including phenoxy) is 1. The van der Waals surface area contributed by atoms with Gasteiger partial charge in [-0.3, -0.25) is 14.3 Å². The van der Waals surface area contributed by atoms with E-state index in [1.165, 1.54) is 30.7 Å². The van der Waals surface area contributed by atoms with Crippen LogP contribution in [0, 0.1) is 0 Å². The number of hydrogen-bond acceptors (Lipinski definition) is 6. The average molecular weight is 345 g/mol. The Balaban J connectivity index is 0.000000650. The van der Waals surface area contributed by atoms with Gasteiger partial charge in [0.25, 0.3) is 5.56 Å². The van der Waals surface area contributed by atoms with Crippen LogP contribution in [0.25, 0.3) is 0 Å². The van der Waals surface area contributed by atoms with E-state index in [1.54, 1.807) is 0 Å². The molecular formula is C16H31N3O5. The highest BCUT2D eigenvalue weighted by atomic mass is 16.5. The highest BCUT2D eigenvalue weighted by molar-refractivity contribution is 4.86. The standard InChI is InChI=1S/C11H17N3O3.C3H8O2.C2H6/c1-13(2)7-8-3-4-10(17-8)14-6-5-9(15)12-11(14)16;1-3(2,4)5;1-2/h5-6,8,10H,3-4,7H2,1-2H3,(H,12,15,16);4-5H,1-2H3;1-2H3. The Morgan fingerprint density at radius 3 is 2.29 bits per heavy atom. The lowest BCUT2D eigenvalue weighted by Crippen LogP contribution is -2.32. The second kappa shape index (κ2) is 10.4. The lowest BCUT2D eigenvalue weighted by atomic mass is 10.2. The van der Waals surface area contributed by atoms with Gasteiger partial charge in [-0.25, -0.2) is 4.79 Å². The fourth-order valence-corrected chi connectivity index (χ4v) is 2.09. The molecule has 24 heavy (non-hydrogen) atoms. The van der Waals surface area contributed by atoms with Crippen molar-refractivity contribution in [3.05, 3.63) is 33.1 Å². The third-order valence-electron chi connectivity index (χ3n) is 2.82. The summed E-state index contributed by atoms with van der Waals surface area (Å²) in [7, 11) is 3.98. The summed E-state index contributed by atoms with van der Waals surface area (Å²) >= 11 is 0. The molecule has 0 bridgehead atoms. The van der Waals surface area contributed by atoms with Crippen molar-refractivity contribution in [3.8, 4) is 0 Å². The molecule has 0 aromatic carbocycles. The fourth-order valence-electron chi connectivity index (χ4n) is 2.09. The highest BCUT2D eigenvalue weighted by Crippen LogP contribution is 2.26. The predicted molar refractivity (Wildman–Crippen MR) is 92.9 cm³/mol. The molecule has 1 fully saturated rings. The largest absolute Gasteiger partial charge is 0.366 e. The molecule has 3 N–H and O–H groups in total. The van der Waals surface area contributed by atoms with Crippen LogP contribution in [0.3, 0.4) is 0 Å². The van der Waals surface area contributed by atoms with Crippen LogP contribution < -0.4 is 11.2 Å². The molecule has 140 valence electrons. The van der Waals surface area contributed by atoms with Crippen molar-refractivity contribution in [3.63, 3.8) is 0 Å². The minimum Gasteiger partial charge on any atom is -0.366 e. The van der Waals surface area contributed by atoms with Gasteiger partial charge < -0.3 is 19.8 Å². The zero-order valence-electron chi connectivity index (χ0n) is 15.4. The van der Waals surface area contributed by atoms with E-state index in [4.69, 9.17) is 14.9 Å². The lowest BCUT2D eigenvalue weighted by Gasteiger charge is -2.18. The molecule has 0 saturated carbocycles. The van der Waals surface area contributed by atoms with Crippen LogP contribution in [-0.2, 0) is 4.74 Å². The van der Waals surface area contributed by atoms with Gasteiger partial charge in [-0.15, -0.1) is 0 Å². The van der Waals surface area contributed by atoms with Gasteiger partial charge >= 0.3 is 5.69 Å². The van der Waals surface area contributed by atoms with Crippen LogP contribution in [0.2, 0.25) is 0 Å². The van der Waals surface area contributed by atoms with Gasteiger partial charge in [-0.1, -0.05) is 13.8 Å². The van der Waals surface area contributed by atoms with Gasteiger partial charge in [-0.05, 0) is 40.8 Å². The third-order valence-corrected chi connectivity index (χ3v) is 2.82. The monoisotopic (exact) mass is 345 g/mol. The molecule has 1 aromatic heterocycles. The van der Waals surface area contributed by atoms with Gasteiger partial charge in [0.15, 0.2) is 5.79 Å². The summed E-state index contributed by atoms with van der Waals surface area (Å²) in [6, 6.07) is 1.34. The Kier molecular flexibility index (Phi) is 9.76. The zero-order valence-corrected chi connectivity index (χ0v) is 15.4. The van der Waals surface area contributed by atoms with Crippen molar-refractivity contribution in [2.75, 3.05) is 20.6 Å². The van der Waals surface area contributed by atoms with E-state index < -0.39 is 11.5 Å². The van der Waals surface area contributed by atoms with Crippen LogP contribution in [0.5, 0.6) is 0 Å². The molecule has 1 saturated heterocycles. The van der Waals surface area contributed by atoms with E-state index in [9.17, 15) is 9.59 Å². The van der Waals surface area contributed by atoms with Crippen molar-refractivity contribution < 1.29 is 14.9 Å². The molecule has 8 nitrogen and oxygen atoms in total. The highest BCUT2D eigenvalue weighted by Gasteiger charge is 2.27. The summed E-state index contributed by atoms with van der Waals surface area (Å²) in [6.07, 6.45) is 3.10. The number of likely N-dealkylation sites (N-methyl/N-ethyl adjacent to an activating group) is 1. The summed E-state index contributed by atoms with van der Waals surface area (Å²) in [6.45, 7) is 7.44. The number of nitrogens with zero attached hydrogens (tertiary/aromatic N) is 2. The van der Waals surface area contributed by atoms with E-state index in [2.05, 4.69) is 9.88 Å². The van der Waals surface area contributed by atoms with E-state index in [0.29, 0.717) is 0 Å². The summed E-state index contributed by atoms with van der Waals surface area (Å²) < 4.78 is 7.22. The number of aromatic amines is 1. The number of hydrogen-bond donors (Lipinski definition) is 3. The maximum Gasteiger partial charge on any atom is 0.330 e. The second-order valence-corrected chi connectivity index (χ2v) is 6.06. The molecule has 0 aliphatic carbocycles. The number of nitrogens with one attached hydrogen (secondary N) is 1. The van der Waals surface area contributed by atoms with Gasteiger partial charge in [0.05, 0.1) is 6.10 Å². The number of rotatable bonds is 3. The smallest absolute Gasteiger partial charge is 0.330 e. The minimum absolute atomic E-state index is 0.147. The molecular weight excluding hydrogens is 314 g/mol. The first-order chi connectivity index (χ1) is 11.1. The number of aromatic nitrogens is 2. The molecule has 2 rings (SSSR count). The van der Waals surface area contributed by atoms with Crippen molar-refractivity contribution in [2.45, 2.75) is 58.7 Å². The van der Waals surface area contributed by atoms with E-state index in [-0.39, 0.29) is 17.9 Å². The summed E-state index contributed by atoms with van der Waals surface area (Å²) in [5, 5.41) is 16.2. The van der Waals surface area contributed by atoms with Crippen molar-refractivity contribution in [2.24, 2.45) is 0 Å². The van der Waals surface area contributed by atoms with Crippen molar-refractivity contribution >= 4 is 0 Å². The van der Waals surface area contributed by atoms with Crippen molar-refractivity contribution in [1.29, 1.82) is 0 Å². The van der Waals surface area contributed by atoms with E-state index in [0.717, 1.165) is 19.4 Å². The van der Waals surface area contributed by atoms with Gasteiger partial charge in [0.1, 0.15) is 6.23 Å². The van der Waals surface area contributed by atoms with Crippen LogP contribution in [0.1, 0.15) is 46.8 Å². The van der Waals surface area contributed by atoms with Crippen LogP contribution >= 0.6 is 0 Å². The minimum atomic E-state index is -1.50. The molecule has 1 aromatic rings. The van der Waals surface area contributed by atoms with Gasteiger partial charge in [0, 0.05) is 18.8 Å². The first-order valence-electron chi connectivity index (χ1n) is 8.12. The maximum absolute atomic E-state index is 11.6. The summed E-state index contributed by atoms with van der Waals surface area (Å²) in [4.78, 5) is 26.8. The Bertz CT molecular complexity index is 568. The molecule has 1 aliphatic heterocycles. The molecule has 0 radical (unpaired) electrons. The Morgan fingerprint density at radius 2 is 1.83 bits per heavy atom. The Hall–Kier alpha value is -1.48. The van der Waals surface area contributed by atoms with Crippen LogP contribution in [0.15, 0.2) is 21.9 Å². The lowest BCUT2D eigenvalue weighted by molar-refractivity contribution is -0.127. The Labute approximate surface area is 142 Å². The molecule has 0 spiro atoms. The number of H-pyrrole nitrogens is 1. The topological polar surface area (TPSA) is 108 Å². The van der Waals surface area contributed by atoms with Crippen LogP contribution in [0.4, 0.5) is 0 Å². The van der Waals surface area contributed by atoms with Gasteiger partial charge in [-0.2, -0.15) is 0 Å². The molecule has 8 heteroatoms. The fraction of sp³-hybridized carbons (Fsp3) is 0.750.